The van der Waals surface area contributed by atoms with Gasteiger partial charge in [-0.3, -0.25) is 9.69 Å². The summed E-state index contributed by atoms with van der Waals surface area (Å²) in [7, 11) is 1.78. The maximum absolute atomic E-state index is 12.7. The molecule has 0 radical (unpaired) electrons. The van der Waals surface area contributed by atoms with Crippen LogP contribution in [0.25, 0.3) is 11.3 Å². The van der Waals surface area contributed by atoms with Crippen molar-refractivity contribution < 1.29 is 9.47 Å². The summed E-state index contributed by atoms with van der Waals surface area (Å²) in [6.45, 7) is 7.75. The van der Waals surface area contributed by atoms with E-state index >= 15 is 0 Å². The van der Waals surface area contributed by atoms with Gasteiger partial charge in [-0.2, -0.15) is 5.10 Å². The van der Waals surface area contributed by atoms with Crippen LogP contribution in [0.2, 0.25) is 0 Å². The predicted molar refractivity (Wildman–Crippen MR) is 125 cm³/mol. The summed E-state index contributed by atoms with van der Waals surface area (Å²) in [5, 5.41) is 4.71. The molecule has 0 amide bonds. The van der Waals surface area contributed by atoms with Crippen molar-refractivity contribution in [2.24, 2.45) is 0 Å². The van der Waals surface area contributed by atoms with E-state index in [2.05, 4.69) is 17.0 Å². The largest absolute Gasteiger partial charge is 0.494 e. The first-order chi connectivity index (χ1) is 15.1. The van der Waals surface area contributed by atoms with Gasteiger partial charge in [-0.25, -0.2) is 4.68 Å². The van der Waals surface area contributed by atoms with E-state index in [0.29, 0.717) is 12.6 Å². The van der Waals surface area contributed by atoms with Crippen molar-refractivity contribution in [2.75, 3.05) is 39.2 Å². The fourth-order valence-electron chi connectivity index (χ4n) is 4.48. The highest BCUT2D eigenvalue weighted by Gasteiger charge is 2.25. The fraction of sp³-hybridized carbons (Fsp3) is 0.583. The number of fused-ring (bicyclic) bond motifs is 1. The lowest BCUT2D eigenvalue weighted by Crippen LogP contribution is -2.34. The molecule has 0 aliphatic carbocycles. The molecule has 31 heavy (non-hydrogen) atoms. The van der Waals surface area contributed by atoms with Crippen molar-refractivity contribution in [3.05, 3.63) is 40.2 Å². The molecule has 7 heteroatoms. The Morgan fingerprint density at radius 1 is 1.26 bits per heavy atom. The summed E-state index contributed by atoms with van der Waals surface area (Å²) < 4.78 is 12.9. The molecule has 4 rings (SSSR count). The summed E-state index contributed by atoms with van der Waals surface area (Å²) in [6.07, 6.45) is 4.32. The summed E-state index contributed by atoms with van der Waals surface area (Å²) in [5.74, 6) is 1.82. The minimum atomic E-state index is 0.0452. The molecule has 2 aliphatic rings. The first-order valence-electron chi connectivity index (χ1n) is 11.3. The average Bonchev–Trinajstić information content (AvgIpc) is 3.42. The van der Waals surface area contributed by atoms with Crippen LogP contribution in [-0.2, 0) is 11.2 Å². The third-order valence-corrected chi connectivity index (χ3v) is 7.23. The molecule has 0 saturated carbocycles. The molecule has 0 bridgehead atoms. The molecular formula is C24H33N3O3S. The Bertz CT molecular complexity index is 942. The fourth-order valence-corrected chi connectivity index (χ4v) is 5.65. The lowest BCUT2D eigenvalue weighted by molar-refractivity contribution is 0.111. The second-order valence-electron chi connectivity index (χ2n) is 8.61. The van der Waals surface area contributed by atoms with Gasteiger partial charge < -0.3 is 9.47 Å². The maximum Gasteiger partial charge on any atom is 0.271 e. The quantitative estimate of drug-likeness (QED) is 0.546. The van der Waals surface area contributed by atoms with Crippen LogP contribution in [-0.4, -0.2) is 59.9 Å². The molecule has 1 aromatic heterocycles. The molecule has 0 N–H and O–H groups in total. The highest BCUT2D eigenvalue weighted by Crippen LogP contribution is 2.37. The van der Waals surface area contributed by atoms with Crippen LogP contribution in [0.3, 0.4) is 0 Å². The van der Waals surface area contributed by atoms with E-state index in [4.69, 9.17) is 14.6 Å². The minimum absolute atomic E-state index is 0.0452. The third-order valence-electron chi connectivity index (χ3n) is 6.10. The van der Waals surface area contributed by atoms with Gasteiger partial charge >= 0.3 is 0 Å². The van der Waals surface area contributed by atoms with E-state index < -0.39 is 0 Å². The van der Waals surface area contributed by atoms with Gasteiger partial charge in [-0.15, -0.1) is 11.8 Å². The zero-order valence-electron chi connectivity index (χ0n) is 18.8. The Hall–Kier alpha value is -1.83. The second kappa shape index (κ2) is 10.2. The zero-order chi connectivity index (χ0) is 21.8. The topological polar surface area (TPSA) is 56.6 Å². The Balaban J connectivity index is 1.38. The number of hydrogen-bond acceptors (Lipinski definition) is 6. The van der Waals surface area contributed by atoms with Crippen LogP contribution in [0.1, 0.15) is 44.7 Å². The monoisotopic (exact) mass is 443 g/mol. The average molecular weight is 444 g/mol. The van der Waals surface area contributed by atoms with Gasteiger partial charge in [0.05, 0.1) is 19.3 Å². The normalized spacial score (nSPS) is 18.6. The number of likely N-dealkylation sites (tertiary alicyclic amines) is 1. The van der Waals surface area contributed by atoms with Crippen molar-refractivity contribution in [1.82, 2.24) is 14.7 Å². The van der Waals surface area contributed by atoms with Gasteiger partial charge in [0.25, 0.3) is 5.56 Å². The molecule has 0 spiro atoms. The van der Waals surface area contributed by atoms with Crippen LogP contribution in [0, 0.1) is 0 Å². The maximum atomic E-state index is 12.7. The van der Waals surface area contributed by atoms with E-state index in [1.165, 1.54) is 12.8 Å². The van der Waals surface area contributed by atoms with Crippen molar-refractivity contribution >= 4 is 11.8 Å². The van der Waals surface area contributed by atoms with Crippen molar-refractivity contribution in [3.63, 3.8) is 0 Å². The lowest BCUT2D eigenvalue weighted by Gasteiger charge is -2.23. The molecular weight excluding hydrogens is 410 g/mol. The van der Waals surface area contributed by atoms with Gasteiger partial charge in [0.1, 0.15) is 11.4 Å². The number of ether oxygens (including phenoxy) is 2. The van der Waals surface area contributed by atoms with Gasteiger partial charge in [0, 0.05) is 41.5 Å². The Labute approximate surface area is 188 Å². The molecule has 1 fully saturated rings. The number of benzene rings is 1. The smallest absolute Gasteiger partial charge is 0.271 e. The highest BCUT2D eigenvalue weighted by molar-refractivity contribution is 7.99. The molecule has 3 heterocycles. The molecule has 1 saturated heterocycles. The number of thioether (sulfide) groups is 1. The van der Waals surface area contributed by atoms with Crippen LogP contribution < -0.4 is 10.3 Å². The SMILES string of the molecule is COC[C@@H]1CCCN1CCCOc1ccc(-c2nn(C(C)C)c(=O)c3c2SCC3)cc1. The first kappa shape index (κ1) is 22.4. The Morgan fingerprint density at radius 2 is 2.06 bits per heavy atom. The van der Waals surface area contributed by atoms with Gasteiger partial charge in [0.15, 0.2) is 0 Å². The summed E-state index contributed by atoms with van der Waals surface area (Å²) in [6, 6.07) is 8.74. The van der Waals surface area contributed by atoms with Crippen LogP contribution in [0.4, 0.5) is 0 Å². The number of nitrogens with zero attached hydrogens (tertiary/aromatic N) is 3. The second-order valence-corrected chi connectivity index (χ2v) is 9.72. The summed E-state index contributed by atoms with van der Waals surface area (Å²) in [5.41, 5.74) is 2.92. The number of methoxy groups -OCH3 is 1. The van der Waals surface area contributed by atoms with Crippen LogP contribution in [0.5, 0.6) is 5.75 Å². The molecule has 0 unspecified atom stereocenters. The standard InChI is InChI=1S/C24H33N3O3S/c1-17(2)27-24(28)21-11-15-31-23(21)22(25-27)18-7-9-20(10-8-18)30-14-5-13-26-12-4-6-19(26)16-29-3/h7-10,17,19H,4-6,11-16H2,1-3H3/t19-/m0/s1. The molecule has 168 valence electrons. The molecule has 1 aromatic carbocycles. The van der Waals surface area contributed by atoms with E-state index in [9.17, 15) is 4.79 Å². The lowest BCUT2D eigenvalue weighted by atomic mass is 10.1. The molecule has 6 nitrogen and oxygen atoms in total. The van der Waals surface area contributed by atoms with Crippen molar-refractivity contribution in [3.8, 4) is 17.0 Å². The number of aromatic nitrogens is 2. The molecule has 1 atom stereocenters. The van der Waals surface area contributed by atoms with Crippen molar-refractivity contribution in [1.29, 1.82) is 0 Å². The van der Waals surface area contributed by atoms with Crippen LogP contribution >= 0.6 is 11.8 Å². The van der Waals surface area contributed by atoms with E-state index in [-0.39, 0.29) is 11.6 Å². The minimum Gasteiger partial charge on any atom is -0.494 e. The third kappa shape index (κ3) is 4.99. The summed E-state index contributed by atoms with van der Waals surface area (Å²) in [4.78, 5) is 16.3. The van der Waals surface area contributed by atoms with E-state index in [1.807, 2.05) is 26.0 Å². The van der Waals surface area contributed by atoms with Gasteiger partial charge in [0.2, 0.25) is 0 Å². The Morgan fingerprint density at radius 3 is 2.81 bits per heavy atom. The van der Waals surface area contributed by atoms with Gasteiger partial charge in [-0.05, 0) is 70.3 Å². The van der Waals surface area contributed by atoms with Gasteiger partial charge in [-0.1, -0.05) is 0 Å². The van der Waals surface area contributed by atoms with Crippen LogP contribution in [0.15, 0.2) is 34.0 Å². The highest BCUT2D eigenvalue weighted by atomic mass is 32.2. The summed E-state index contributed by atoms with van der Waals surface area (Å²) >= 11 is 1.74. The van der Waals surface area contributed by atoms with E-state index in [1.54, 1.807) is 23.6 Å². The first-order valence-corrected chi connectivity index (χ1v) is 12.3. The number of hydrogen-bond donors (Lipinski definition) is 0. The van der Waals surface area contributed by atoms with E-state index in [0.717, 1.165) is 65.8 Å². The molecule has 2 aromatic rings. The predicted octanol–water partition coefficient (Wildman–Crippen LogP) is 4.02. The van der Waals surface area contributed by atoms with Crippen molar-refractivity contribution in [2.45, 2.75) is 56.5 Å². The Kier molecular flexibility index (Phi) is 7.35. The molecule has 2 aliphatic heterocycles. The zero-order valence-corrected chi connectivity index (χ0v) is 19.6. The number of rotatable bonds is 9.